The molecule has 0 saturated heterocycles. The van der Waals surface area contributed by atoms with Crippen LogP contribution in [-0.4, -0.2) is 27.3 Å². The normalized spacial score (nSPS) is 23.7. The van der Waals surface area contributed by atoms with Crippen molar-refractivity contribution in [1.29, 1.82) is 0 Å². The number of amides is 1. The summed E-state index contributed by atoms with van der Waals surface area (Å²) in [4.78, 5) is 20.6. The van der Waals surface area contributed by atoms with Gasteiger partial charge in [0.15, 0.2) is 0 Å². The van der Waals surface area contributed by atoms with E-state index < -0.39 is 5.66 Å². The Morgan fingerprint density at radius 1 is 1.06 bits per heavy atom. The molecule has 0 radical (unpaired) electrons. The Morgan fingerprint density at radius 2 is 1.65 bits per heavy atom. The van der Waals surface area contributed by atoms with E-state index in [1.807, 2.05) is 29.2 Å². The van der Waals surface area contributed by atoms with Crippen molar-refractivity contribution >= 4 is 34.8 Å². The van der Waals surface area contributed by atoms with E-state index in [0.29, 0.717) is 39.7 Å². The second kappa shape index (κ2) is 8.93. The average Bonchev–Trinajstić information content (AvgIpc) is 3.00. The van der Waals surface area contributed by atoms with E-state index >= 15 is 0 Å². The van der Waals surface area contributed by atoms with Crippen molar-refractivity contribution in [3.05, 3.63) is 69.2 Å². The number of aliphatic hydroxyl groups excluding tert-OH is 1. The molecule has 1 heterocycles. The zero-order valence-corrected chi connectivity index (χ0v) is 19.5. The number of rotatable bonds is 5. The fourth-order valence-corrected chi connectivity index (χ4v) is 5.34. The quantitative estimate of drug-likeness (QED) is 0.609. The number of aliphatic hydroxyl groups is 1. The highest BCUT2D eigenvalue weighted by molar-refractivity contribution is 6.47. The summed E-state index contributed by atoms with van der Waals surface area (Å²) in [7, 11) is 0. The van der Waals surface area contributed by atoms with E-state index in [-0.39, 0.29) is 12.5 Å². The first-order valence-corrected chi connectivity index (χ1v) is 11.6. The van der Waals surface area contributed by atoms with Gasteiger partial charge in [0.25, 0.3) is 5.91 Å². The Hall–Kier alpha value is -1.88. The van der Waals surface area contributed by atoms with Gasteiger partial charge in [-0.2, -0.15) is 0 Å². The van der Waals surface area contributed by atoms with Crippen LogP contribution in [0.2, 0.25) is 10.0 Å². The first-order chi connectivity index (χ1) is 14.8. The number of carbonyl (C=O) groups is 1. The van der Waals surface area contributed by atoms with Gasteiger partial charge in [-0.25, -0.2) is 0 Å². The van der Waals surface area contributed by atoms with Gasteiger partial charge in [-0.15, -0.1) is 0 Å². The SMILES string of the molecule is CC(C)C1CCC2(CC1)N=C(c1cc(Cl)cc(Cl)c1)C(=O)N2Cc1ccc(CO)cc1. The zero-order chi connectivity index (χ0) is 22.2. The molecule has 4 rings (SSSR count). The molecule has 1 aliphatic carbocycles. The average molecular weight is 459 g/mol. The summed E-state index contributed by atoms with van der Waals surface area (Å²) in [6.07, 6.45) is 3.82. The van der Waals surface area contributed by atoms with Gasteiger partial charge in [-0.3, -0.25) is 9.79 Å². The molecule has 6 heteroatoms. The van der Waals surface area contributed by atoms with Crippen LogP contribution >= 0.6 is 23.2 Å². The van der Waals surface area contributed by atoms with Gasteiger partial charge in [0, 0.05) is 22.2 Å². The van der Waals surface area contributed by atoms with Gasteiger partial charge in [0.1, 0.15) is 11.4 Å². The lowest BCUT2D eigenvalue weighted by atomic mass is 9.76. The predicted octanol–water partition coefficient (Wildman–Crippen LogP) is 5.86. The van der Waals surface area contributed by atoms with Gasteiger partial charge in [-0.05, 0) is 66.8 Å². The fourth-order valence-electron chi connectivity index (χ4n) is 4.81. The molecule has 0 aromatic heterocycles. The van der Waals surface area contributed by atoms with Crippen LogP contribution in [0.1, 0.15) is 56.2 Å². The Bertz CT molecular complexity index is 973. The first-order valence-electron chi connectivity index (χ1n) is 10.9. The van der Waals surface area contributed by atoms with E-state index in [4.69, 9.17) is 28.2 Å². The third-order valence-corrected chi connectivity index (χ3v) is 7.16. The van der Waals surface area contributed by atoms with E-state index in [2.05, 4.69) is 13.8 Å². The molecule has 164 valence electrons. The Kier molecular flexibility index (Phi) is 6.43. The van der Waals surface area contributed by atoms with Gasteiger partial charge in [-0.1, -0.05) is 61.3 Å². The van der Waals surface area contributed by atoms with Crippen molar-refractivity contribution in [2.75, 3.05) is 0 Å². The lowest BCUT2D eigenvalue weighted by molar-refractivity contribution is -0.130. The number of nitrogens with zero attached hydrogens (tertiary/aromatic N) is 2. The van der Waals surface area contributed by atoms with E-state index in [1.54, 1.807) is 18.2 Å². The third kappa shape index (κ3) is 4.52. The topological polar surface area (TPSA) is 52.9 Å². The minimum Gasteiger partial charge on any atom is -0.392 e. The highest BCUT2D eigenvalue weighted by Gasteiger charge is 2.49. The van der Waals surface area contributed by atoms with Gasteiger partial charge >= 0.3 is 0 Å². The molecule has 1 spiro atoms. The highest BCUT2D eigenvalue weighted by Crippen LogP contribution is 2.44. The van der Waals surface area contributed by atoms with Crippen LogP contribution in [0.4, 0.5) is 0 Å². The number of benzene rings is 2. The molecule has 2 aromatic rings. The molecule has 4 nitrogen and oxygen atoms in total. The second-order valence-electron chi connectivity index (χ2n) is 9.05. The van der Waals surface area contributed by atoms with Crippen LogP contribution in [0.15, 0.2) is 47.5 Å². The maximum absolute atomic E-state index is 13.6. The Labute approximate surface area is 193 Å². The van der Waals surface area contributed by atoms with Crippen LogP contribution < -0.4 is 0 Å². The van der Waals surface area contributed by atoms with E-state index in [9.17, 15) is 9.90 Å². The van der Waals surface area contributed by atoms with Crippen LogP contribution in [0.25, 0.3) is 0 Å². The number of halogens is 2. The molecular weight excluding hydrogens is 431 g/mol. The number of carbonyl (C=O) groups excluding carboxylic acids is 1. The maximum Gasteiger partial charge on any atom is 0.274 e. The molecule has 2 aromatic carbocycles. The second-order valence-corrected chi connectivity index (χ2v) is 9.92. The monoisotopic (exact) mass is 458 g/mol. The maximum atomic E-state index is 13.6. The minimum atomic E-state index is -0.526. The Balaban J connectivity index is 1.69. The summed E-state index contributed by atoms with van der Waals surface area (Å²) in [6, 6.07) is 12.9. The molecule has 0 atom stereocenters. The summed E-state index contributed by atoms with van der Waals surface area (Å²) in [5.41, 5.74) is 2.47. The van der Waals surface area contributed by atoms with Crippen LogP contribution in [0, 0.1) is 11.8 Å². The molecule has 31 heavy (non-hydrogen) atoms. The molecule has 1 saturated carbocycles. The summed E-state index contributed by atoms with van der Waals surface area (Å²) in [5, 5.41) is 10.3. The molecule has 1 N–H and O–H groups in total. The molecule has 0 unspecified atom stereocenters. The summed E-state index contributed by atoms with van der Waals surface area (Å²) in [5.74, 6) is 1.21. The standard InChI is InChI=1S/C25H28Cl2N2O2/c1-16(2)19-7-9-25(10-8-19)28-23(20-11-21(26)13-22(27)12-20)24(31)29(25)14-17-3-5-18(15-30)6-4-17/h3-6,11-13,16,19,30H,7-10,14-15H2,1-2H3. The summed E-state index contributed by atoms with van der Waals surface area (Å²) in [6.45, 7) is 5.03. The van der Waals surface area contributed by atoms with Crippen molar-refractivity contribution in [3.8, 4) is 0 Å². The highest BCUT2D eigenvalue weighted by atomic mass is 35.5. The smallest absolute Gasteiger partial charge is 0.274 e. The van der Waals surface area contributed by atoms with Gasteiger partial charge in [0.05, 0.1) is 6.61 Å². The molecule has 1 aliphatic heterocycles. The van der Waals surface area contributed by atoms with Crippen LogP contribution in [-0.2, 0) is 17.9 Å². The predicted molar refractivity (Wildman–Crippen MR) is 125 cm³/mol. The third-order valence-electron chi connectivity index (χ3n) is 6.73. The van der Waals surface area contributed by atoms with Crippen molar-refractivity contribution in [2.45, 2.75) is 58.3 Å². The van der Waals surface area contributed by atoms with Crippen LogP contribution in [0.5, 0.6) is 0 Å². The van der Waals surface area contributed by atoms with Crippen molar-refractivity contribution < 1.29 is 9.90 Å². The number of hydrogen-bond donors (Lipinski definition) is 1. The van der Waals surface area contributed by atoms with E-state index in [0.717, 1.165) is 36.8 Å². The summed E-state index contributed by atoms with van der Waals surface area (Å²) < 4.78 is 0. The molecular formula is C25H28Cl2N2O2. The fraction of sp³-hybridized carbons (Fsp3) is 0.440. The van der Waals surface area contributed by atoms with E-state index in [1.165, 1.54) is 0 Å². The lowest BCUT2D eigenvalue weighted by Crippen LogP contribution is -2.48. The number of hydrogen-bond acceptors (Lipinski definition) is 3. The number of aliphatic imine (C=N–C) groups is 1. The van der Waals surface area contributed by atoms with Gasteiger partial charge < -0.3 is 10.0 Å². The molecule has 0 bridgehead atoms. The molecule has 1 amide bonds. The molecule has 2 aliphatic rings. The lowest BCUT2D eigenvalue weighted by Gasteiger charge is -2.42. The largest absolute Gasteiger partial charge is 0.392 e. The molecule has 1 fully saturated rings. The van der Waals surface area contributed by atoms with Crippen LogP contribution in [0.3, 0.4) is 0 Å². The van der Waals surface area contributed by atoms with Crippen molar-refractivity contribution in [2.24, 2.45) is 16.8 Å². The minimum absolute atomic E-state index is 0.00619. The Morgan fingerprint density at radius 3 is 2.19 bits per heavy atom. The summed E-state index contributed by atoms with van der Waals surface area (Å²) >= 11 is 12.4. The van der Waals surface area contributed by atoms with Crippen molar-refractivity contribution in [3.63, 3.8) is 0 Å². The van der Waals surface area contributed by atoms with Gasteiger partial charge in [0.2, 0.25) is 0 Å². The van der Waals surface area contributed by atoms with Crippen molar-refractivity contribution in [1.82, 2.24) is 4.90 Å². The first kappa shape index (κ1) is 22.3. The zero-order valence-electron chi connectivity index (χ0n) is 17.9.